The molecular formula is C18H23N3O5. The molecule has 0 radical (unpaired) electrons. The highest BCUT2D eigenvalue weighted by atomic mass is 16.4. The molecule has 2 rings (SSSR count). The first-order valence-corrected chi connectivity index (χ1v) is 8.63. The molecule has 1 aliphatic carbocycles. The Labute approximate surface area is 151 Å². The molecule has 1 aromatic carbocycles. The van der Waals surface area contributed by atoms with Crippen LogP contribution in [0.4, 0.5) is 5.69 Å². The van der Waals surface area contributed by atoms with Crippen molar-refractivity contribution in [2.45, 2.75) is 32.1 Å². The molecule has 1 aliphatic rings. The largest absolute Gasteiger partial charge is 0.481 e. The summed E-state index contributed by atoms with van der Waals surface area (Å²) in [5.41, 5.74) is 0.954. The van der Waals surface area contributed by atoms with E-state index in [4.69, 9.17) is 5.11 Å². The molecule has 0 aromatic heterocycles. The number of nitrogens with one attached hydrogen (secondary N) is 3. The zero-order valence-corrected chi connectivity index (χ0v) is 14.4. The predicted molar refractivity (Wildman–Crippen MR) is 94.6 cm³/mol. The highest BCUT2D eigenvalue weighted by molar-refractivity contribution is 5.96. The van der Waals surface area contributed by atoms with E-state index in [1.807, 2.05) is 0 Å². The maximum atomic E-state index is 11.9. The van der Waals surface area contributed by atoms with E-state index in [1.54, 1.807) is 24.3 Å². The van der Waals surface area contributed by atoms with Crippen molar-refractivity contribution < 1.29 is 24.3 Å². The van der Waals surface area contributed by atoms with Crippen LogP contribution in [-0.4, -0.2) is 41.9 Å². The molecule has 8 nitrogen and oxygen atoms in total. The van der Waals surface area contributed by atoms with E-state index in [9.17, 15) is 19.2 Å². The smallest absolute Gasteiger partial charge is 0.305 e. The van der Waals surface area contributed by atoms with Gasteiger partial charge in [0.1, 0.15) is 0 Å². The highest BCUT2D eigenvalue weighted by Crippen LogP contribution is 2.28. The molecule has 0 spiro atoms. The van der Waals surface area contributed by atoms with Crippen LogP contribution < -0.4 is 16.0 Å². The number of benzene rings is 1. The van der Waals surface area contributed by atoms with Crippen LogP contribution in [0.5, 0.6) is 0 Å². The van der Waals surface area contributed by atoms with Gasteiger partial charge in [0.25, 0.3) is 5.91 Å². The molecule has 140 valence electrons. The van der Waals surface area contributed by atoms with Gasteiger partial charge in [0.2, 0.25) is 11.8 Å². The van der Waals surface area contributed by atoms with E-state index in [-0.39, 0.29) is 36.6 Å². The number of rotatable bonds is 10. The van der Waals surface area contributed by atoms with Crippen LogP contribution in [0.3, 0.4) is 0 Å². The lowest BCUT2D eigenvalue weighted by Crippen LogP contribution is -2.26. The van der Waals surface area contributed by atoms with Gasteiger partial charge in [-0.2, -0.15) is 0 Å². The van der Waals surface area contributed by atoms with Crippen molar-refractivity contribution in [3.05, 3.63) is 29.8 Å². The number of anilines is 1. The van der Waals surface area contributed by atoms with Gasteiger partial charge in [0, 0.05) is 36.7 Å². The SMILES string of the molecule is O=C(O)CCNC(=O)c1ccc(NC(=O)CCCNC(=O)C2CC2)cc1. The fraction of sp³-hybridized carbons (Fsp3) is 0.444. The number of aliphatic carboxylic acids is 1. The van der Waals surface area contributed by atoms with Gasteiger partial charge in [-0.25, -0.2) is 0 Å². The molecule has 1 fully saturated rings. The Hall–Kier alpha value is -2.90. The number of carbonyl (C=O) groups is 4. The normalized spacial score (nSPS) is 12.9. The number of carboxylic acid groups (broad SMARTS) is 1. The van der Waals surface area contributed by atoms with Crippen LogP contribution in [-0.2, 0) is 14.4 Å². The van der Waals surface area contributed by atoms with E-state index in [2.05, 4.69) is 16.0 Å². The summed E-state index contributed by atoms with van der Waals surface area (Å²) in [6, 6.07) is 6.33. The molecule has 8 heteroatoms. The lowest BCUT2D eigenvalue weighted by Gasteiger charge is -2.08. The second kappa shape index (κ2) is 9.55. The summed E-state index contributed by atoms with van der Waals surface area (Å²) in [5, 5.41) is 16.6. The summed E-state index contributed by atoms with van der Waals surface area (Å²) in [5.74, 6) is -1.26. The first-order valence-electron chi connectivity index (χ1n) is 8.63. The molecule has 1 aromatic rings. The lowest BCUT2D eigenvalue weighted by molar-refractivity contribution is -0.136. The molecule has 4 N–H and O–H groups in total. The standard InChI is InChI=1S/C18H23N3O5/c22-15(2-1-10-19-17(25)12-3-4-12)21-14-7-5-13(6-8-14)18(26)20-11-9-16(23)24/h5-8,12H,1-4,9-11H2,(H,19,25)(H,20,26)(H,21,22)(H,23,24). The molecule has 0 heterocycles. The summed E-state index contributed by atoms with van der Waals surface area (Å²) in [6.07, 6.45) is 2.64. The number of carboxylic acids is 1. The summed E-state index contributed by atoms with van der Waals surface area (Å²) in [4.78, 5) is 45.6. The van der Waals surface area contributed by atoms with Gasteiger partial charge in [0.15, 0.2) is 0 Å². The Morgan fingerprint density at radius 3 is 2.27 bits per heavy atom. The van der Waals surface area contributed by atoms with Gasteiger partial charge in [-0.1, -0.05) is 0 Å². The quantitative estimate of drug-likeness (QED) is 0.465. The minimum atomic E-state index is -0.976. The van der Waals surface area contributed by atoms with Gasteiger partial charge >= 0.3 is 5.97 Å². The van der Waals surface area contributed by atoms with Gasteiger partial charge in [-0.15, -0.1) is 0 Å². The van der Waals surface area contributed by atoms with Crippen LogP contribution >= 0.6 is 0 Å². The van der Waals surface area contributed by atoms with Gasteiger partial charge < -0.3 is 21.1 Å². The molecule has 0 saturated heterocycles. The molecule has 3 amide bonds. The van der Waals surface area contributed by atoms with Crippen LogP contribution in [0, 0.1) is 5.92 Å². The number of carbonyl (C=O) groups excluding carboxylic acids is 3. The zero-order chi connectivity index (χ0) is 18.9. The second-order valence-corrected chi connectivity index (χ2v) is 6.19. The lowest BCUT2D eigenvalue weighted by atomic mass is 10.2. The van der Waals surface area contributed by atoms with Gasteiger partial charge in [-0.3, -0.25) is 19.2 Å². The molecule has 1 saturated carbocycles. The minimum absolute atomic E-state index is 0.0595. The van der Waals surface area contributed by atoms with Crippen LogP contribution in [0.1, 0.15) is 42.5 Å². The second-order valence-electron chi connectivity index (χ2n) is 6.19. The summed E-state index contributed by atoms with van der Waals surface area (Å²) in [7, 11) is 0. The van der Waals surface area contributed by atoms with E-state index in [1.165, 1.54) is 0 Å². The number of hydrogen-bond acceptors (Lipinski definition) is 4. The molecule has 26 heavy (non-hydrogen) atoms. The third-order valence-electron chi connectivity index (χ3n) is 3.88. The Morgan fingerprint density at radius 2 is 1.65 bits per heavy atom. The van der Waals surface area contributed by atoms with Crippen LogP contribution in [0.25, 0.3) is 0 Å². The first-order chi connectivity index (χ1) is 12.5. The molecular weight excluding hydrogens is 338 g/mol. The first kappa shape index (κ1) is 19.4. The minimum Gasteiger partial charge on any atom is -0.481 e. The van der Waals surface area contributed by atoms with E-state index < -0.39 is 5.97 Å². The predicted octanol–water partition coefficient (Wildman–Crippen LogP) is 1.14. The molecule has 0 atom stereocenters. The monoisotopic (exact) mass is 361 g/mol. The van der Waals surface area contributed by atoms with Crippen molar-refractivity contribution >= 4 is 29.4 Å². The Balaban J connectivity index is 1.66. The van der Waals surface area contributed by atoms with Gasteiger partial charge in [-0.05, 0) is 43.5 Å². The fourth-order valence-corrected chi connectivity index (χ4v) is 2.26. The van der Waals surface area contributed by atoms with Crippen molar-refractivity contribution in [2.24, 2.45) is 5.92 Å². The Bertz CT molecular complexity index is 668. The molecule has 0 unspecified atom stereocenters. The Morgan fingerprint density at radius 1 is 0.962 bits per heavy atom. The number of hydrogen-bond donors (Lipinski definition) is 4. The topological polar surface area (TPSA) is 125 Å². The summed E-state index contributed by atoms with van der Waals surface area (Å²) < 4.78 is 0. The van der Waals surface area contributed by atoms with Crippen molar-refractivity contribution in [1.29, 1.82) is 0 Å². The van der Waals surface area contributed by atoms with Crippen LogP contribution in [0.15, 0.2) is 24.3 Å². The third-order valence-corrected chi connectivity index (χ3v) is 3.88. The maximum Gasteiger partial charge on any atom is 0.305 e. The summed E-state index contributed by atoms with van der Waals surface area (Å²) >= 11 is 0. The highest BCUT2D eigenvalue weighted by Gasteiger charge is 2.28. The molecule has 0 aliphatic heterocycles. The maximum absolute atomic E-state index is 11.9. The van der Waals surface area contributed by atoms with Crippen molar-refractivity contribution in [3.8, 4) is 0 Å². The van der Waals surface area contributed by atoms with Crippen molar-refractivity contribution in [1.82, 2.24) is 10.6 Å². The van der Waals surface area contributed by atoms with Crippen molar-refractivity contribution in [3.63, 3.8) is 0 Å². The van der Waals surface area contributed by atoms with E-state index in [0.717, 1.165) is 12.8 Å². The van der Waals surface area contributed by atoms with E-state index >= 15 is 0 Å². The van der Waals surface area contributed by atoms with Gasteiger partial charge in [0.05, 0.1) is 6.42 Å². The van der Waals surface area contributed by atoms with Crippen LogP contribution in [0.2, 0.25) is 0 Å². The Kier molecular flexibility index (Phi) is 7.13. The van der Waals surface area contributed by atoms with Crippen molar-refractivity contribution in [2.75, 3.05) is 18.4 Å². The summed E-state index contributed by atoms with van der Waals surface area (Å²) in [6.45, 7) is 0.544. The molecule has 0 bridgehead atoms. The zero-order valence-electron chi connectivity index (χ0n) is 14.4. The third kappa shape index (κ3) is 6.92. The average molecular weight is 361 g/mol. The fourth-order valence-electron chi connectivity index (χ4n) is 2.26. The average Bonchev–Trinajstić information content (AvgIpc) is 3.44. The number of amides is 3. The van der Waals surface area contributed by atoms with E-state index in [0.29, 0.717) is 30.6 Å².